The standard InChI is InChI=1S/C26H25N3O2S/c1-28(26(30)22-13-9-10-20(16-22)19-32(2)31)17-23-18-29(24-14-7-4-8-15-24)27-25(23)21-11-5-3-6-12-21/h3-16,18H,17,19H2,1-2H3. The lowest BCUT2D eigenvalue weighted by Crippen LogP contribution is -2.26. The Morgan fingerprint density at radius 1 is 0.969 bits per heavy atom. The van der Waals surface area contributed by atoms with Crippen molar-refractivity contribution in [3.8, 4) is 16.9 Å². The van der Waals surface area contributed by atoms with E-state index in [4.69, 9.17) is 5.10 Å². The first-order chi connectivity index (χ1) is 15.5. The van der Waals surface area contributed by atoms with E-state index in [0.29, 0.717) is 17.9 Å². The summed E-state index contributed by atoms with van der Waals surface area (Å²) in [5, 5.41) is 4.83. The minimum Gasteiger partial charge on any atom is -0.337 e. The Morgan fingerprint density at radius 2 is 1.66 bits per heavy atom. The van der Waals surface area contributed by atoms with Gasteiger partial charge in [-0.15, -0.1) is 0 Å². The molecule has 6 heteroatoms. The summed E-state index contributed by atoms with van der Waals surface area (Å²) in [6.45, 7) is 0.416. The van der Waals surface area contributed by atoms with Crippen LogP contribution in [0.3, 0.4) is 0 Å². The number of carbonyl (C=O) groups excluding carboxylic acids is 1. The molecule has 3 aromatic carbocycles. The van der Waals surface area contributed by atoms with Crippen LogP contribution < -0.4 is 0 Å². The molecule has 0 bridgehead atoms. The number of aromatic nitrogens is 2. The van der Waals surface area contributed by atoms with Crippen LogP contribution in [-0.2, 0) is 23.1 Å². The van der Waals surface area contributed by atoms with Crippen LogP contribution in [0.1, 0.15) is 21.5 Å². The highest BCUT2D eigenvalue weighted by Crippen LogP contribution is 2.25. The Bertz CT molecular complexity index is 1240. The van der Waals surface area contributed by atoms with E-state index in [1.54, 1.807) is 24.3 Å². The first-order valence-corrected chi connectivity index (χ1v) is 12.1. The van der Waals surface area contributed by atoms with Crippen molar-refractivity contribution in [2.75, 3.05) is 13.3 Å². The second-order valence-electron chi connectivity index (χ2n) is 7.73. The van der Waals surface area contributed by atoms with Crippen molar-refractivity contribution in [2.45, 2.75) is 12.3 Å². The second-order valence-corrected chi connectivity index (χ2v) is 9.16. The van der Waals surface area contributed by atoms with E-state index in [0.717, 1.165) is 28.1 Å². The van der Waals surface area contributed by atoms with E-state index in [-0.39, 0.29) is 5.91 Å². The van der Waals surface area contributed by atoms with Crippen molar-refractivity contribution in [1.82, 2.24) is 14.7 Å². The zero-order chi connectivity index (χ0) is 22.5. The third-order valence-corrected chi connectivity index (χ3v) is 5.90. The average molecular weight is 444 g/mol. The molecule has 0 radical (unpaired) electrons. The number of para-hydroxylation sites is 1. The van der Waals surface area contributed by atoms with Crippen molar-refractivity contribution in [1.29, 1.82) is 0 Å². The average Bonchev–Trinajstić information content (AvgIpc) is 3.23. The fourth-order valence-corrected chi connectivity index (χ4v) is 4.30. The van der Waals surface area contributed by atoms with Crippen molar-refractivity contribution < 1.29 is 9.00 Å². The number of benzene rings is 3. The maximum atomic E-state index is 13.1. The number of hydrogen-bond donors (Lipinski definition) is 0. The Kier molecular flexibility index (Phi) is 6.61. The van der Waals surface area contributed by atoms with Crippen LogP contribution in [0, 0.1) is 0 Å². The van der Waals surface area contributed by atoms with Gasteiger partial charge >= 0.3 is 0 Å². The Balaban J connectivity index is 1.64. The Labute approximate surface area is 190 Å². The lowest BCUT2D eigenvalue weighted by molar-refractivity contribution is 0.0785. The zero-order valence-corrected chi connectivity index (χ0v) is 19.0. The van der Waals surface area contributed by atoms with Gasteiger partial charge in [0, 0.05) is 59.3 Å². The molecule has 0 N–H and O–H groups in total. The maximum Gasteiger partial charge on any atom is 0.253 e. The second kappa shape index (κ2) is 9.75. The normalized spacial score (nSPS) is 11.8. The molecule has 32 heavy (non-hydrogen) atoms. The molecule has 1 aromatic heterocycles. The molecule has 0 spiro atoms. The lowest BCUT2D eigenvalue weighted by atomic mass is 10.1. The Hall–Kier alpha value is -3.51. The molecule has 1 unspecified atom stereocenters. The largest absolute Gasteiger partial charge is 0.337 e. The van der Waals surface area contributed by atoms with Gasteiger partial charge in [-0.05, 0) is 29.8 Å². The summed E-state index contributed by atoms with van der Waals surface area (Å²) in [6, 6.07) is 27.3. The van der Waals surface area contributed by atoms with Crippen LogP contribution >= 0.6 is 0 Å². The summed E-state index contributed by atoms with van der Waals surface area (Å²) in [6.07, 6.45) is 3.65. The van der Waals surface area contributed by atoms with E-state index < -0.39 is 10.8 Å². The summed E-state index contributed by atoms with van der Waals surface area (Å²) in [7, 11) is 0.837. The number of hydrogen-bond acceptors (Lipinski definition) is 3. The molecule has 4 aromatic rings. The number of amides is 1. The van der Waals surface area contributed by atoms with Gasteiger partial charge in [0.25, 0.3) is 5.91 Å². The van der Waals surface area contributed by atoms with E-state index in [1.807, 2.05) is 89.7 Å². The van der Waals surface area contributed by atoms with Gasteiger partial charge in [0.1, 0.15) is 0 Å². The molecule has 0 saturated heterocycles. The van der Waals surface area contributed by atoms with Gasteiger partial charge in [-0.3, -0.25) is 9.00 Å². The quantitative estimate of drug-likeness (QED) is 0.416. The first-order valence-electron chi connectivity index (χ1n) is 10.3. The van der Waals surface area contributed by atoms with Crippen molar-refractivity contribution in [3.05, 3.63) is 108 Å². The molecular weight excluding hydrogens is 418 g/mol. The van der Waals surface area contributed by atoms with Gasteiger partial charge in [0.15, 0.2) is 0 Å². The highest BCUT2D eigenvalue weighted by atomic mass is 32.2. The van der Waals surface area contributed by atoms with Crippen molar-refractivity contribution in [3.63, 3.8) is 0 Å². The number of rotatable bonds is 7. The first kappa shape index (κ1) is 21.7. The van der Waals surface area contributed by atoms with Gasteiger partial charge in [0.2, 0.25) is 0 Å². The molecule has 0 saturated carbocycles. The van der Waals surface area contributed by atoms with Gasteiger partial charge < -0.3 is 4.90 Å². The molecule has 1 atom stereocenters. The van der Waals surface area contributed by atoms with E-state index in [2.05, 4.69) is 0 Å². The Morgan fingerprint density at radius 3 is 2.34 bits per heavy atom. The summed E-state index contributed by atoms with van der Waals surface area (Å²) in [4.78, 5) is 14.8. The summed E-state index contributed by atoms with van der Waals surface area (Å²) in [5.41, 5.74) is 5.26. The minimum absolute atomic E-state index is 0.0831. The predicted octanol–water partition coefficient (Wildman–Crippen LogP) is 4.69. The highest BCUT2D eigenvalue weighted by Gasteiger charge is 2.18. The SMILES string of the molecule is CN(Cc1cn(-c2ccccc2)nc1-c1ccccc1)C(=O)c1cccc(CS(C)=O)c1. The fraction of sp³-hybridized carbons (Fsp3) is 0.154. The monoisotopic (exact) mass is 443 g/mol. The van der Waals surface area contributed by atoms with Gasteiger partial charge in [-0.25, -0.2) is 4.68 Å². The molecule has 0 fully saturated rings. The van der Waals surface area contributed by atoms with Crippen LogP contribution in [-0.4, -0.2) is 38.1 Å². The van der Waals surface area contributed by atoms with Crippen LogP contribution in [0.4, 0.5) is 0 Å². The van der Waals surface area contributed by atoms with Crippen LogP contribution in [0.2, 0.25) is 0 Å². The summed E-state index contributed by atoms with van der Waals surface area (Å²) < 4.78 is 13.4. The molecule has 162 valence electrons. The molecule has 0 aliphatic heterocycles. The van der Waals surface area contributed by atoms with Gasteiger partial charge in [-0.1, -0.05) is 60.7 Å². The third-order valence-electron chi connectivity index (χ3n) is 5.16. The molecule has 1 heterocycles. The van der Waals surface area contributed by atoms with Crippen molar-refractivity contribution >= 4 is 16.7 Å². The van der Waals surface area contributed by atoms with Gasteiger partial charge in [0.05, 0.1) is 11.4 Å². The minimum atomic E-state index is -0.956. The van der Waals surface area contributed by atoms with E-state index in [9.17, 15) is 9.00 Å². The number of carbonyl (C=O) groups is 1. The zero-order valence-electron chi connectivity index (χ0n) is 18.1. The maximum absolute atomic E-state index is 13.1. The molecule has 0 aliphatic rings. The predicted molar refractivity (Wildman–Crippen MR) is 129 cm³/mol. The van der Waals surface area contributed by atoms with Crippen LogP contribution in [0.15, 0.2) is 91.1 Å². The third kappa shape index (κ3) is 5.03. The summed E-state index contributed by atoms with van der Waals surface area (Å²) >= 11 is 0. The smallest absolute Gasteiger partial charge is 0.253 e. The van der Waals surface area contributed by atoms with Crippen molar-refractivity contribution in [2.24, 2.45) is 0 Å². The lowest BCUT2D eigenvalue weighted by Gasteiger charge is -2.17. The highest BCUT2D eigenvalue weighted by molar-refractivity contribution is 7.83. The van der Waals surface area contributed by atoms with Crippen LogP contribution in [0.5, 0.6) is 0 Å². The molecule has 4 rings (SSSR count). The van der Waals surface area contributed by atoms with E-state index >= 15 is 0 Å². The number of nitrogens with zero attached hydrogens (tertiary/aromatic N) is 3. The van der Waals surface area contributed by atoms with E-state index in [1.165, 1.54) is 0 Å². The summed E-state index contributed by atoms with van der Waals surface area (Å²) in [5.74, 6) is 0.354. The van der Waals surface area contributed by atoms with Crippen LogP contribution in [0.25, 0.3) is 16.9 Å². The molecule has 5 nitrogen and oxygen atoms in total. The molecule has 0 aliphatic carbocycles. The fourth-order valence-electron chi connectivity index (χ4n) is 3.65. The molecular formula is C26H25N3O2S. The van der Waals surface area contributed by atoms with Gasteiger partial charge in [-0.2, -0.15) is 5.10 Å². The molecule has 1 amide bonds. The topological polar surface area (TPSA) is 55.2 Å².